The normalized spacial score (nSPS) is 11.0. The van der Waals surface area contributed by atoms with Crippen LogP contribution in [0.1, 0.15) is 16.7 Å². The Morgan fingerprint density at radius 2 is 0.536 bits per heavy atom. The zero-order chi connectivity index (χ0) is 47.4. The van der Waals surface area contributed by atoms with Gasteiger partial charge in [0.25, 0.3) is 0 Å². The van der Waals surface area contributed by atoms with Gasteiger partial charge in [-0.05, 0) is 261 Å². The molecule has 0 aliphatic heterocycles. The number of halogens is 2. The quantitative estimate of drug-likeness (QED) is 0.0892. The third-order valence-corrected chi connectivity index (χ3v) is 14.1. The summed E-state index contributed by atoms with van der Waals surface area (Å²) >= 11 is 4.81. The molecule has 6 heteroatoms. The van der Waals surface area contributed by atoms with E-state index in [0.717, 1.165) is 89.9 Å². The molecule has 336 valence electrons. The summed E-state index contributed by atoms with van der Waals surface area (Å²) in [6.07, 6.45) is 0. The van der Waals surface area contributed by atoms with Crippen LogP contribution in [0, 0.1) is 27.9 Å². The maximum Gasteiger partial charge on any atom is 0.0472 e. The van der Waals surface area contributed by atoms with Crippen LogP contribution in [-0.4, -0.2) is 0 Å². The molecule has 1 unspecified atom stereocenters. The molecule has 0 fully saturated rings. The van der Waals surface area contributed by atoms with Crippen LogP contribution in [0.5, 0.6) is 0 Å². The smallest absolute Gasteiger partial charge is 0.0472 e. The Morgan fingerprint density at radius 1 is 0.261 bits per heavy atom. The first-order valence-corrected chi connectivity index (χ1v) is 25.8. The van der Waals surface area contributed by atoms with Gasteiger partial charge in [0.15, 0.2) is 0 Å². The lowest BCUT2D eigenvalue weighted by atomic mass is 9.93. The standard InChI is InChI=1S/C63H50I2N3P/c1-43-10-4-15-57(34-43)66(60-18-7-13-52(64)40-60)54-28-22-46(23-29-54)49-37-50(47-24-30-55(31-25-47)67(58-16-5-11-44(2)35-58)61-19-8-14-53(65)41-61)39-51(38-49)48-26-32-56(33-27-48)68(59-17-6-12-45(3)36-59)62-20-9-21-63(69)42-62/h4-42H,69H2,1-3H3. The van der Waals surface area contributed by atoms with E-state index in [0.29, 0.717) is 0 Å². The number of aryl methyl sites for hydroxylation is 3. The average Bonchev–Trinajstić information content (AvgIpc) is 3.35. The van der Waals surface area contributed by atoms with Gasteiger partial charge in [0.2, 0.25) is 0 Å². The first kappa shape index (κ1) is 46.2. The second kappa shape index (κ2) is 20.6. The molecule has 1 atom stereocenters. The van der Waals surface area contributed by atoms with Crippen molar-refractivity contribution in [2.45, 2.75) is 20.8 Å². The molecule has 0 aliphatic rings. The fourth-order valence-corrected chi connectivity index (χ4v) is 10.4. The highest BCUT2D eigenvalue weighted by Crippen LogP contribution is 2.42. The van der Waals surface area contributed by atoms with Gasteiger partial charge in [0, 0.05) is 58.3 Å². The minimum Gasteiger partial charge on any atom is -0.310 e. The summed E-state index contributed by atoms with van der Waals surface area (Å²) in [6.45, 7) is 6.45. The maximum atomic E-state index is 2.85. The zero-order valence-corrected chi connectivity index (χ0v) is 44.2. The van der Waals surface area contributed by atoms with Crippen LogP contribution < -0.4 is 20.0 Å². The van der Waals surface area contributed by atoms with Gasteiger partial charge in [-0.15, -0.1) is 9.24 Å². The van der Waals surface area contributed by atoms with Crippen LogP contribution in [-0.2, 0) is 0 Å². The lowest BCUT2D eigenvalue weighted by Gasteiger charge is -2.26. The number of nitrogens with zero attached hydrogens (tertiary/aromatic N) is 3. The van der Waals surface area contributed by atoms with Crippen molar-refractivity contribution in [1.29, 1.82) is 0 Å². The predicted molar refractivity (Wildman–Crippen MR) is 316 cm³/mol. The number of hydrogen-bond donors (Lipinski definition) is 0. The Labute approximate surface area is 436 Å². The molecule has 0 heterocycles. The van der Waals surface area contributed by atoms with Crippen LogP contribution in [0.4, 0.5) is 51.2 Å². The van der Waals surface area contributed by atoms with Crippen LogP contribution >= 0.6 is 54.4 Å². The number of benzene rings is 10. The van der Waals surface area contributed by atoms with Crippen molar-refractivity contribution in [3.8, 4) is 33.4 Å². The Kier molecular flexibility index (Phi) is 13.8. The van der Waals surface area contributed by atoms with E-state index in [9.17, 15) is 0 Å². The molecule has 0 aliphatic carbocycles. The van der Waals surface area contributed by atoms with Gasteiger partial charge >= 0.3 is 0 Å². The van der Waals surface area contributed by atoms with Gasteiger partial charge in [-0.1, -0.05) is 97.1 Å². The van der Waals surface area contributed by atoms with Crippen molar-refractivity contribution >= 4 is 111 Å². The SMILES string of the molecule is Cc1cccc(N(c2ccc(-c3cc(-c4ccc(N(c5cccc(C)c5)c5cccc(I)c5)cc4)cc(-c4ccc(N(c5cccc(C)c5)c5cccc(I)c5)cc4)c3)cc2)c2cccc(P)c2)c1. The molecule has 0 amide bonds. The van der Waals surface area contributed by atoms with Crippen molar-refractivity contribution in [3.05, 3.63) is 260 Å². The van der Waals surface area contributed by atoms with Gasteiger partial charge in [0.05, 0.1) is 0 Å². The lowest BCUT2D eigenvalue weighted by Crippen LogP contribution is -2.11. The summed E-state index contributed by atoms with van der Waals surface area (Å²) in [5.74, 6) is 0. The van der Waals surface area contributed by atoms with Gasteiger partial charge in [-0.25, -0.2) is 0 Å². The van der Waals surface area contributed by atoms with E-state index >= 15 is 0 Å². The number of anilines is 9. The molecular weight excluding hydrogens is 1080 g/mol. The van der Waals surface area contributed by atoms with Crippen molar-refractivity contribution in [1.82, 2.24) is 0 Å². The van der Waals surface area contributed by atoms with Crippen molar-refractivity contribution < 1.29 is 0 Å². The second-order valence-corrected chi connectivity index (χ2v) is 20.7. The molecule has 10 aromatic rings. The van der Waals surface area contributed by atoms with Gasteiger partial charge in [-0.2, -0.15) is 0 Å². The predicted octanol–water partition coefficient (Wildman–Crippen LogP) is 18.7. The molecule has 0 bridgehead atoms. The minimum absolute atomic E-state index is 1.10. The van der Waals surface area contributed by atoms with Crippen LogP contribution in [0.25, 0.3) is 33.4 Å². The van der Waals surface area contributed by atoms with Gasteiger partial charge in [0.1, 0.15) is 0 Å². The van der Waals surface area contributed by atoms with E-state index < -0.39 is 0 Å². The van der Waals surface area contributed by atoms with Gasteiger partial charge < -0.3 is 14.7 Å². The third-order valence-electron chi connectivity index (χ3n) is 12.4. The summed E-state index contributed by atoms with van der Waals surface area (Å²) in [5, 5.41) is 1.14. The molecular formula is C63H50I2N3P. The number of hydrogen-bond acceptors (Lipinski definition) is 3. The van der Waals surface area contributed by atoms with E-state index in [1.807, 2.05) is 0 Å². The summed E-state index contributed by atoms with van der Waals surface area (Å²) in [7, 11) is 2.85. The first-order chi connectivity index (χ1) is 33.6. The molecule has 10 rings (SSSR count). The summed E-state index contributed by atoms with van der Waals surface area (Å²) in [5.41, 5.74) is 20.6. The highest BCUT2D eigenvalue weighted by atomic mass is 127. The van der Waals surface area contributed by atoms with Crippen molar-refractivity contribution in [2.24, 2.45) is 0 Å². The molecule has 0 saturated carbocycles. The van der Waals surface area contributed by atoms with E-state index in [2.05, 4.69) is 326 Å². The Hall–Kier alpha value is -6.51. The fourth-order valence-electron chi connectivity index (χ4n) is 9.07. The molecule has 10 aromatic carbocycles. The third kappa shape index (κ3) is 10.6. The maximum absolute atomic E-state index is 2.85. The summed E-state index contributed by atoms with van der Waals surface area (Å²) < 4.78 is 2.39. The molecule has 0 N–H and O–H groups in total. The van der Waals surface area contributed by atoms with E-state index in [1.54, 1.807) is 0 Å². The highest BCUT2D eigenvalue weighted by molar-refractivity contribution is 14.1. The fraction of sp³-hybridized carbons (Fsp3) is 0.0476. The van der Waals surface area contributed by atoms with Crippen LogP contribution in [0.3, 0.4) is 0 Å². The Balaban J connectivity index is 1.07. The molecule has 0 aromatic heterocycles. The van der Waals surface area contributed by atoms with Crippen molar-refractivity contribution in [3.63, 3.8) is 0 Å². The molecule has 0 radical (unpaired) electrons. The lowest BCUT2D eigenvalue weighted by molar-refractivity contribution is 1.27. The Bertz CT molecular complexity index is 2910. The molecule has 0 spiro atoms. The second-order valence-electron chi connectivity index (χ2n) is 17.5. The Morgan fingerprint density at radius 3 is 0.826 bits per heavy atom. The first-order valence-electron chi connectivity index (χ1n) is 23.1. The summed E-state index contributed by atoms with van der Waals surface area (Å²) in [6, 6.07) is 86.3. The van der Waals surface area contributed by atoms with Gasteiger partial charge in [-0.3, -0.25) is 0 Å². The van der Waals surface area contributed by atoms with Crippen molar-refractivity contribution in [2.75, 3.05) is 14.7 Å². The van der Waals surface area contributed by atoms with E-state index in [-0.39, 0.29) is 0 Å². The monoisotopic (exact) mass is 1130 g/mol. The topological polar surface area (TPSA) is 9.72 Å². The number of rotatable bonds is 12. The van der Waals surface area contributed by atoms with E-state index in [1.165, 1.54) is 23.8 Å². The molecule has 0 saturated heterocycles. The molecule has 3 nitrogen and oxygen atoms in total. The summed E-state index contributed by atoms with van der Waals surface area (Å²) in [4.78, 5) is 7.02. The van der Waals surface area contributed by atoms with E-state index in [4.69, 9.17) is 0 Å². The zero-order valence-electron chi connectivity index (χ0n) is 38.7. The van der Waals surface area contributed by atoms with Crippen LogP contribution in [0.15, 0.2) is 237 Å². The molecule has 69 heavy (non-hydrogen) atoms. The van der Waals surface area contributed by atoms with Crippen LogP contribution in [0.2, 0.25) is 0 Å². The minimum atomic E-state index is 1.10. The highest BCUT2D eigenvalue weighted by Gasteiger charge is 2.18. The largest absolute Gasteiger partial charge is 0.310 e. The average molecular weight is 1130 g/mol.